The van der Waals surface area contributed by atoms with Crippen molar-refractivity contribution in [2.75, 3.05) is 12.8 Å². The van der Waals surface area contributed by atoms with Gasteiger partial charge in [-0.1, -0.05) is 0 Å². The fourth-order valence-corrected chi connectivity index (χ4v) is 2.94. The Balaban J connectivity index is 2.04. The van der Waals surface area contributed by atoms with Crippen LogP contribution in [-0.4, -0.2) is 27.6 Å². The maximum Gasteiger partial charge on any atom is 0.244 e. The molecular weight excluding hydrogens is 272 g/mol. The minimum atomic E-state index is 0.0309. The summed E-state index contributed by atoms with van der Waals surface area (Å²) in [5, 5.41) is 6.34. The molecule has 2 aromatic rings. The highest BCUT2D eigenvalue weighted by atomic mass is 32.1. The van der Waals surface area contributed by atoms with Crippen LogP contribution in [0.4, 0.5) is 5.69 Å². The second-order valence-electron chi connectivity index (χ2n) is 5.02. The normalized spacial score (nSPS) is 10.8. The molecule has 0 unspecified atom stereocenters. The van der Waals surface area contributed by atoms with Crippen molar-refractivity contribution in [2.45, 2.75) is 33.9 Å². The van der Waals surface area contributed by atoms with Crippen molar-refractivity contribution >= 4 is 22.9 Å². The van der Waals surface area contributed by atoms with Crippen molar-refractivity contribution in [1.29, 1.82) is 0 Å². The molecule has 108 valence electrons. The van der Waals surface area contributed by atoms with E-state index >= 15 is 0 Å². The molecule has 0 aromatic carbocycles. The Morgan fingerprint density at radius 3 is 2.65 bits per heavy atom. The molecule has 0 saturated heterocycles. The fraction of sp³-hybridized carbons (Fsp3) is 0.429. The molecule has 2 aromatic heterocycles. The van der Waals surface area contributed by atoms with E-state index in [0.717, 1.165) is 11.4 Å². The highest BCUT2D eigenvalue weighted by Crippen LogP contribution is 2.18. The van der Waals surface area contributed by atoms with Crippen LogP contribution in [0.3, 0.4) is 0 Å². The number of amides is 1. The van der Waals surface area contributed by atoms with Gasteiger partial charge in [0.2, 0.25) is 5.91 Å². The van der Waals surface area contributed by atoms with E-state index in [-0.39, 0.29) is 12.5 Å². The van der Waals surface area contributed by atoms with Gasteiger partial charge < -0.3 is 10.6 Å². The zero-order valence-corrected chi connectivity index (χ0v) is 13.1. The van der Waals surface area contributed by atoms with Crippen LogP contribution in [0.25, 0.3) is 0 Å². The van der Waals surface area contributed by atoms with Crippen molar-refractivity contribution in [3.63, 3.8) is 0 Å². The van der Waals surface area contributed by atoms with Gasteiger partial charge >= 0.3 is 0 Å². The summed E-state index contributed by atoms with van der Waals surface area (Å²) in [6.45, 7) is 6.65. The SMILES string of the molecule is Cc1ccsc1CN(C)C(=O)Cn1nc(C)c(N)c1C. The number of hydrogen-bond acceptors (Lipinski definition) is 4. The minimum absolute atomic E-state index is 0.0309. The molecule has 0 spiro atoms. The lowest BCUT2D eigenvalue weighted by Gasteiger charge is -2.17. The van der Waals surface area contributed by atoms with Crippen LogP contribution in [0.1, 0.15) is 21.8 Å². The molecule has 6 heteroatoms. The van der Waals surface area contributed by atoms with E-state index in [1.165, 1.54) is 10.4 Å². The number of carbonyl (C=O) groups is 1. The molecule has 1 amide bonds. The lowest BCUT2D eigenvalue weighted by atomic mass is 10.3. The molecule has 5 nitrogen and oxygen atoms in total. The average Bonchev–Trinajstić information content (AvgIpc) is 2.90. The van der Waals surface area contributed by atoms with Crippen LogP contribution in [0.15, 0.2) is 11.4 Å². The lowest BCUT2D eigenvalue weighted by Crippen LogP contribution is -2.30. The first-order valence-corrected chi connectivity index (χ1v) is 7.34. The number of nitrogens with zero attached hydrogens (tertiary/aromatic N) is 3. The third-order valence-corrected chi connectivity index (χ3v) is 4.50. The number of nitrogens with two attached hydrogens (primary N) is 1. The van der Waals surface area contributed by atoms with Gasteiger partial charge in [-0.2, -0.15) is 5.10 Å². The Morgan fingerprint density at radius 2 is 2.15 bits per heavy atom. The molecule has 0 saturated carbocycles. The first kappa shape index (κ1) is 14.6. The van der Waals surface area contributed by atoms with Gasteiger partial charge in [0.25, 0.3) is 0 Å². The van der Waals surface area contributed by atoms with Crippen LogP contribution < -0.4 is 5.73 Å². The van der Waals surface area contributed by atoms with Crippen LogP contribution in [-0.2, 0) is 17.9 Å². The zero-order valence-electron chi connectivity index (χ0n) is 12.3. The topological polar surface area (TPSA) is 64.2 Å². The fourth-order valence-electron chi connectivity index (χ4n) is 1.98. The van der Waals surface area contributed by atoms with Gasteiger partial charge in [-0.15, -0.1) is 11.3 Å². The van der Waals surface area contributed by atoms with Gasteiger partial charge in [0.1, 0.15) is 6.54 Å². The number of likely N-dealkylation sites (N-methyl/N-ethyl adjacent to an activating group) is 1. The summed E-state index contributed by atoms with van der Waals surface area (Å²) in [7, 11) is 1.82. The van der Waals surface area contributed by atoms with Crippen LogP contribution in [0, 0.1) is 20.8 Å². The number of aromatic nitrogens is 2. The van der Waals surface area contributed by atoms with Gasteiger partial charge in [-0.25, -0.2) is 0 Å². The number of aryl methyl sites for hydroxylation is 2. The van der Waals surface area contributed by atoms with Crippen molar-refractivity contribution in [1.82, 2.24) is 14.7 Å². The highest BCUT2D eigenvalue weighted by Gasteiger charge is 2.15. The number of thiophene rings is 1. The number of rotatable bonds is 4. The Morgan fingerprint density at radius 1 is 1.45 bits per heavy atom. The van der Waals surface area contributed by atoms with Gasteiger partial charge in [0.05, 0.1) is 23.6 Å². The second kappa shape index (κ2) is 5.66. The smallest absolute Gasteiger partial charge is 0.244 e. The Kier molecular flexibility index (Phi) is 4.13. The Hall–Kier alpha value is -1.82. The van der Waals surface area contributed by atoms with E-state index in [9.17, 15) is 4.79 Å². The molecule has 0 aliphatic heterocycles. The third-order valence-electron chi connectivity index (χ3n) is 3.50. The summed E-state index contributed by atoms with van der Waals surface area (Å²) in [6, 6.07) is 2.07. The van der Waals surface area contributed by atoms with Crippen LogP contribution in [0.5, 0.6) is 0 Å². The average molecular weight is 292 g/mol. The van der Waals surface area contributed by atoms with E-state index in [1.807, 2.05) is 26.3 Å². The molecule has 2 heterocycles. The predicted octanol–water partition coefficient (Wildman–Crippen LogP) is 2.11. The summed E-state index contributed by atoms with van der Waals surface area (Å²) < 4.78 is 1.67. The molecule has 0 atom stereocenters. The maximum absolute atomic E-state index is 12.3. The maximum atomic E-state index is 12.3. The standard InChI is InChI=1S/C14H20N4OS/c1-9-5-6-20-12(9)7-17(4)13(19)8-18-11(3)14(15)10(2)16-18/h5-6H,7-8,15H2,1-4H3. The summed E-state index contributed by atoms with van der Waals surface area (Å²) in [5.41, 5.74) is 9.38. The van der Waals surface area contributed by atoms with Crippen LogP contribution >= 0.6 is 11.3 Å². The van der Waals surface area contributed by atoms with E-state index in [0.29, 0.717) is 12.2 Å². The first-order valence-electron chi connectivity index (χ1n) is 6.46. The van der Waals surface area contributed by atoms with Gasteiger partial charge in [0.15, 0.2) is 0 Å². The Bertz CT molecular complexity index is 629. The summed E-state index contributed by atoms with van der Waals surface area (Å²) in [6.07, 6.45) is 0. The Labute approximate surface area is 123 Å². The lowest BCUT2D eigenvalue weighted by molar-refractivity contribution is -0.131. The third kappa shape index (κ3) is 2.85. The largest absolute Gasteiger partial charge is 0.396 e. The number of anilines is 1. The molecule has 0 radical (unpaired) electrons. The van der Waals surface area contributed by atoms with E-state index in [4.69, 9.17) is 5.73 Å². The zero-order chi connectivity index (χ0) is 14.9. The molecule has 2 N–H and O–H groups in total. The van der Waals surface area contributed by atoms with Gasteiger partial charge in [-0.05, 0) is 37.8 Å². The minimum Gasteiger partial charge on any atom is -0.396 e. The van der Waals surface area contributed by atoms with Crippen molar-refractivity contribution < 1.29 is 4.79 Å². The van der Waals surface area contributed by atoms with Crippen molar-refractivity contribution in [3.05, 3.63) is 33.3 Å². The van der Waals surface area contributed by atoms with Crippen molar-refractivity contribution in [3.8, 4) is 0 Å². The summed E-state index contributed by atoms with van der Waals surface area (Å²) >= 11 is 1.67. The van der Waals surface area contributed by atoms with Gasteiger partial charge in [0, 0.05) is 11.9 Å². The number of nitrogen functional groups attached to an aromatic ring is 1. The monoisotopic (exact) mass is 292 g/mol. The highest BCUT2D eigenvalue weighted by molar-refractivity contribution is 7.10. The van der Waals surface area contributed by atoms with E-state index in [2.05, 4.69) is 18.1 Å². The first-order chi connectivity index (χ1) is 9.40. The second-order valence-corrected chi connectivity index (χ2v) is 6.02. The summed E-state index contributed by atoms with van der Waals surface area (Å²) in [4.78, 5) is 15.2. The van der Waals surface area contributed by atoms with Crippen LogP contribution in [0.2, 0.25) is 0 Å². The molecule has 20 heavy (non-hydrogen) atoms. The molecule has 2 rings (SSSR count). The number of carbonyl (C=O) groups excluding carboxylic acids is 1. The molecule has 0 aliphatic rings. The van der Waals surface area contributed by atoms with Crippen molar-refractivity contribution in [2.24, 2.45) is 0 Å². The van der Waals surface area contributed by atoms with E-state index in [1.54, 1.807) is 20.9 Å². The summed E-state index contributed by atoms with van der Waals surface area (Å²) in [5.74, 6) is 0.0309. The predicted molar refractivity (Wildman–Crippen MR) is 81.6 cm³/mol. The molecule has 0 fully saturated rings. The molecule has 0 bridgehead atoms. The quantitative estimate of drug-likeness (QED) is 0.938. The molecular formula is C14H20N4OS. The van der Waals surface area contributed by atoms with E-state index < -0.39 is 0 Å². The molecule has 0 aliphatic carbocycles. The van der Waals surface area contributed by atoms with Gasteiger partial charge in [-0.3, -0.25) is 9.48 Å². The number of hydrogen-bond donors (Lipinski definition) is 1.